The van der Waals surface area contributed by atoms with Crippen molar-refractivity contribution in [2.24, 2.45) is 0 Å². The molecule has 0 radical (unpaired) electrons. The average molecular weight is 289 g/mol. The number of hydrogen-bond acceptors (Lipinski definition) is 3. The van der Waals surface area contributed by atoms with E-state index in [0.717, 1.165) is 0 Å². The van der Waals surface area contributed by atoms with Crippen molar-refractivity contribution in [3.63, 3.8) is 0 Å². The number of ether oxygens (including phenoxy) is 1. The molecule has 1 aromatic carbocycles. The van der Waals surface area contributed by atoms with Crippen molar-refractivity contribution in [2.45, 2.75) is 12.8 Å². The van der Waals surface area contributed by atoms with Crippen molar-refractivity contribution < 1.29 is 4.74 Å². The minimum absolute atomic E-state index is 0.0154. The van der Waals surface area contributed by atoms with E-state index in [9.17, 15) is 4.79 Å². The zero-order valence-electron chi connectivity index (χ0n) is 10.8. The smallest absolute Gasteiger partial charge is 0.317 e. The van der Waals surface area contributed by atoms with Crippen molar-refractivity contribution >= 4 is 11.6 Å². The van der Waals surface area contributed by atoms with Crippen LogP contribution in [0, 0.1) is 12.3 Å². The Morgan fingerprint density at radius 3 is 2.80 bits per heavy atom. The van der Waals surface area contributed by atoms with Gasteiger partial charge in [0, 0.05) is 12.1 Å². The third kappa shape index (κ3) is 3.40. The van der Waals surface area contributed by atoms with Gasteiger partial charge in [0.05, 0.1) is 12.8 Å². The minimum Gasteiger partial charge on any atom is -0.474 e. The van der Waals surface area contributed by atoms with E-state index in [-0.39, 0.29) is 16.6 Å². The van der Waals surface area contributed by atoms with E-state index in [1.165, 1.54) is 10.8 Å². The summed E-state index contributed by atoms with van der Waals surface area (Å²) in [6.45, 7) is 0.335. The first-order valence-electron chi connectivity index (χ1n) is 6.13. The second-order valence-electron chi connectivity index (χ2n) is 4.04. The van der Waals surface area contributed by atoms with Crippen LogP contribution in [0.15, 0.2) is 41.3 Å². The first kappa shape index (κ1) is 14.2. The third-order valence-electron chi connectivity index (χ3n) is 2.58. The van der Waals surface area contributed by atoms with Gasteiger partial charge in [-0.05, 0) is 18.6 Å². The molecule has 0 amide bonds. The molecule has 0 saturated heterocycles. The van der Waals surface area contributed by atoms with Crippen molar-refractivity contribution in [2.75, 3.05) is 6.61 Å². The van der Waals surface area contributed by atoms with E-state index in [1.807, 2.05) is 18.2 Å². The fraction of sp³-hybridized carbons (Fsp3) is 0.200. The highest BCUT2D eigenvalue weighted by molar-refractivity contribution is 6.29. The molecule has 2 aromatic rings. The number of nitrogens with zero attached hydrogens (tertiary/aromatic N) is 2. The van der Waals surface area contributed by atoms with Gasteiger partial charge in [-0.25, -0.2) is 0 Å². The van der Waals surface area contributed by atoms with Gasteiger partial charge >= 0.3 is 5.56 Å². The predicted molar refractivity (Wildman–Crippen MR) is 78.4 cm³/mol. The molecule has 0 bridgehead atoms. The van der Waals surface area contributed by atoms with Crippen LogP contribution in [0.2, 0.25) is 5.15 Å². The van der Waals surface area contributed by atoms with Gasteiger partial charge in [0.25, 0.3) is 5.88 Å². The zero-order valence-corrected chi connectivity index (χ0v) is 11.5. The maximum Gasteiger partial charge on any atom is 0.317 e. The van der Waals surface area contributed by atoms with E-state index in [2.05, 4.69) is 10.9 Å². The standard InChI is InChI=1S/C15H13ClN2O2/c1-2-3-7-10-20-14-15(19)18(11-13(16)17-14)12-8-5-4-6-9-12/h1,4-6,8-9,11H,3,7,10H2. The number of terminal acetylenes is 1. The SMILES string of the molecule is C#CCCCOc1nc(Cl)cn(-c2ccccc2)c1=O. The number of rotatable bonds is 5. The highest BCUT2D eigenvalue weighted by atomic mass is 35.5. The van der Waals surface area contributed by atoms with Crippen molar-refractivity contribution in [1.82, 2.24) is 9.55 Å². The first-order chi connectivity index (χ1) is 9.72. The number of halogens is 1. The topological polar surface area (TPSA) is 44.1 Å². The molecule has 5 heteroatoms. The van der Waals surface area contributed by atoms with Gasteiger partial charge in [0.15, 0.2) is 0 Å². The lowest BCUT2D eigenvalue weighted by Gasteiger charge is -2.09. The summed E-state index contributed by atoms with van der Waals surface area (Å²) in [7, 11) is 0. The fourth-order valence-electron chi connectivity index (χ4n) is 1.66. The molecule has 0 aliphatic heterocycles. The van der Waals surface area contributed by atoms with Crippen LogP contribution in [-0.4, -0.2) is 16.2 Å². The molecule has 20 heavy (non-hydrogen) atoms. The average Bonchev–Trinajstić information content (AvgIpc) is 2.47. The number of aromatic nitrogens is 2. The Bertz CT molecular complexity index is 675. The summed E-state index contributed by atoms with van der Waals surface area (Å²) in [6, 6.07) is 9.15. The Kier molecular flexibility index (Phi) is 4.80. The summed E-state index contributed by atoms with van der Waals surface area (Å²) in [5.41, 5.74) is 0.358. The monoisotopic (exact) mass is 288 g/mol. The summed E-state index contributed by atoms with van der Waals surface area (Å²) in [4.78, 5) is 16.2. The van der Waals surface area contributed by atoms with Gasteiger partial charge in [0.1, 0.15) is 5.15 Å². The molecule has 0 saturated carbocycles. The number of para-hydroxylation sites is 1. The van der Waals surface area contributed by atoms with Crippen molar-refractivity contribution in [3.05, 3.63) is 52.0 Å². The quantitative estimate of drug-likeness (QED) is 0.628. The third-order valence-corrected chi connectivity index (χ3v) is 2.77. The van der Waals surface area contributed by atoms with E-state index in [4.69, 9.17) is 22.8 Å². The Morgan fingerprint density at radius 2 is 2.10 bits per heavy atom. The molecule has 0 N–H and O–H groups in total. The van der Waals surface area contributed by atoms with Crippen LogP contribution in [0.25, 0.3) is 5.69 Å². The molecule has 102 valence electrons. The Morgan fingerprint density at radius 1 is 1.35 bits per heavy atom. The van der Waals surface area contributed by atoms with Gasteiger partial charge in [0.2, 0.25) is 0 Å². The number of hydrogen-bond donors (Lipinski definition) is 0. The summed E-state index contributed by atoms with van der Waals surface area (Å²) in [6.07, 6.45) is 7.87. The van der Waals surface area contributed by atoms with Gasteiger partial charge < -0.3 is 4.74 Å². The second-order valence-corrected chi connectivity index (χ2v) is 4.42. The van der Waals surface area contributed by atoms with Crippen LogP contribution in [0.3, 0.4) is 0 Å². The minimum atomic E-state index is -0.346. The maximum atomic E-state index is 12.3. The van der Waals surface area contributed by atoms with Crippen LogP contribution in [0.4, 0.5) is 0 Å². The van der Waals surface area contributed by atoms with Crippen molar-refractivity contribution in [1.29, 1.82) is 0 Å². The largest absolute Gasteiger partial charge is 0.474 e. The van der Waals surface area contributed by atoms with E-state index in [1.54, 1.807) is 12.1 Å². The van der Waals surface area contributed by atoms with Crippen molar-refractivity contribution in [3.8, 4) is 23.9 Å². The molecule has 1 heterocycles. The van der Waals surface area contributed by atoms with Crippen LogP contribution < -0.4 is 10.3 Å². The molecule has 0 atom stereocenters. The van der Waals surface area contributed by atoms with E-state index < -0.39 is 0 Å². The normalized spacial score (nSPS) is 10.0. The Labute approximate surface area is 122 Å². The molecular weight excluding hydrogens is 276 g/mol. The van der Waals surface area contributed by atoms with Gasteiger partial charge in [-0.3, -0.25) is 9.36 Å². The molecule has 2 rings (SSSR count). The van der Waals surface area contributed by atoms with Crippen LogP contribution >= 0.6 is 11.6 Å². The van der Waals surface area contributed by atoms with Crippen LogP contribution in [0.1, 0.15) is 12.8 Å². The molecule has 0 spiro atoms. The molecule has 0 fully saturated rings. The predicted octanol–water partition coefficient (Wildman–Crippen LogP) is 2.68. The summed E-state index contributed by atoms with van der Waals surface area (Å²) in [5, 5.41) is 0.195. The summed E-state index contributed by atoms with van der Waals surface area (Å²) in [5.74, 6) is 2.49. The molecule has 0 unspecified atom stereocenters. The highest BCUT2D eigenvalue weighted by Gasteiger charge is 2.10. The van der Waals surface area contributed by atoms with Gasteiger partial charge in [-0.15, -0.1) is 12.3 Å². The Balaban J connectivity index is 2.29. The lowest BCUT2D eigenvalue weighted by atomic mass is 10.3. The lowest BCUT2D eigenvalue weighted by Crippen LogP contribution is -2.22. The highest BCUT2D eigenvalue weighted by Crippen LogP contribution is 2.12. The lowest BCUT2D eigenvalue weighted by molar-refractivity contribution is 0.295. The number of unbranched alkanes of at least 4 members (excludes halogenated alkanes) is 1. The van der Waals surface area contributed by atoms with Gasteiger partial charge in [-0.1, -0.05) is 29.8 Å². The second kappa shape index (κ2) is 6.78. The Hall–Kier alpha value is -2.25. The fourth-order valence-corrected chi connectivity index (χ4v) is 1.83. The van der Waals surface area contributed by atoms with Crippen LogP contribution in [-0.2, 0) is 0 Å². The first-order valence-corrected chi connectivity index (χ1v) is 6.51. The number of benzene rings is 1. The zero-order chi connectivity index (χ0) is 14.4. The van der Waals surface area contributed by atoms with Crippen LogP contribution in [0.5, 0.6) is 5.88 Å². The van der Waals surface area contributed by atoms with Gasteiger partial charge in [-0.2, -0.15) is 4.98 Å². The molecule has 0 aliphatic carbocycles. The summed E-state index contributed by atoms with van der Waals surface area (Å²) >= 11 is 5.93. The van der Waals surface area contributed by atoms with E-state index in [0.29, 0.717) is 25.1 Å². The molecular formula is C15H13ClN2O2. The summed E-state index contributed by atoms with van der Waals surface area (Å²) < 4.78 is 6.77. The molecule has 4 nitrogen and oxygen atoms in total. The van der Waals surface area contributed by atoms with E-state index >= 15 is 0 Å². The molecule has 1 aromatic heterocycles. The maximum absolute atomic E-state index is 12.3. The molecule has 0 aliphatic rings.